The van der Waals surface area contributed by atoms with Crippen LogP contribution in [0, 0.1) is 6.92 Å². The molecule has 0 saturated carbocycles. The van der Waals surface area contributed by atoms with Gasteiger partial charge in [0.15, 0.2) is 0 Å². The van der Waals surface area contributed by atoms with E-state index in [2.05, 4.69) is 11.9 Å². The fraction of sp³-hybridized carbons (Fsp3) is 0.789. The minimum atomic E-state index is -4.32. The second-order valence-electron chi connectivity index (χ2n) is 7.39. The number of phosphoric acid groups is 1. The van der Waals surface area contributed by atoms with Gasteiger partial charge in [-0.1, -0.05) is 26.7 Å². The third-order valence-corrected chi connectivity index (χ3v) is 5.79. The Morgan fingerprint density at radius 1 is 1.23 bits per heavy atom. The van der Waals surface area contributed by atoms with Crippen molar-refractivity contribution in [2.75, 3.05) is 26.6 Å². The lowest BCUT2D eigenvalue weighted by molar-refractivity contribution is -0.111. The van der Waals surface area contributed by atoms with Gasteiger partial charge in [0.05, 0.1) is 13.2 Å². The Morgan fingerprint density at radius 2 is 1.94 bits per heavy atom. The van der Waals surface area contributed by atoms with Gasteiger partial charge in [0.25, 0.3) is 5.56 Å². The molecule has 31 heavy (non-hydrogen) atoms. The molecular formula is C19H33N2O9P. The zero-order chi connectivity index (χ0) is 22.9. The molecule has 0 bridgehead atoms. The van der Waals surface area contributed by atoms with Gasteiger partial charge in [-0.3, -0.25) is 23.4 Å². The predicted molar refractivity (Wildman–Crippen MR) is 112 cm³/mol. The Bertz CT molecular complexity index is 840. The Labute approximate surface area is 181 Å². The molecule has 1 aliphatic heterocycles. The SMILES string of the molecule is CCCCOCOC[C@H]1O[C@@H](n2cc(C)c(=O)[nH]c2=O)C[C@@H]1OP(=O)(O)OCCCC. The molecule has 1 aromatic heterocycles. The quantitative estimate of drug-likeness (QED) is 0.241. The number of H-pyrrole nitrogens is 1. The molecule has 12 heteroatoms. The van der Waals surface area contributed by atoms with E-state index in [0.29, 0.717) is 18.6 Å². The Kier molecular flexibility index (Phi) is 10.6. The Hall–Kier alpha value is -1.33. The first-order chi connectivity index (χ1) is 14.8. The van der Waals surface area contributed by atoms with Crippen LogP contribution in [-0.2, 0) is 27.8 Å². The lowest BCUT2D eigenvalue weighted by Crippen LogP contribution is -2.33. The summed E-state index contributed by atoms with van der Waals surface area (Å²) in [7, 11) is -4.32. The molecule has 2 N–H and O–H groups in total. The van der Waals surface area contributed by atoms with Crippen LogP contribution in [0.3, 0.4) is 0 Å². The molecule has 1 unspecified atom stereocenters. The van der Waals surface area contributed by atoms with Gasteiger partial charge in [-0.25, -0.2) is 9.36 Å². The molecule has 0 radical (unpaired) electrons. The summed E-state index contributed by atoms with van der Waals surface area (Å²) in [5, 5.41) is 0. The molecule has 178 valence electrons. The van der Waals surface area contributed by atoms with Gasteiger partial charge in [-0.15, -0.1) is 0 Å². The van der Waals surface area contributed by atoms with Crippen LogP contribution in [-0.4, -0.2) is 53.3 Å². The highest BCUT2D eigenvalue weighted by Gasteiger charge is 2.42. The maximum atomic E-state index is 12.3. The van der Waals surface area contributed by atoms with Gasteiger partial charge < -0.3 is 19.1 Å². The summed E-state index contributed by atoms with van der Waals surface area (Å²) < 4.78 is 40.6. The van der Waals surface area contributed by atoms with Crippen molar-refractivity contribution in [2.24, 2.45) is 0 Å². The van der Waals surface area contributed by atoms with Gasteiger partial charge in [0, 0.05) is 24.8 Å². The van der Waals surface area contributed by atoms with Crippen LogP contribution < -0.4 is 11.2 Å². The average Bonchev–Trinajstić information content (AvgIpc) is 3.09. The van der Waals surface area contributed by atoms with Crippen molar-refractivity contribution >= 4 is 7.82 Å². The molecule has 2 rings (SSSR count). The predicted octanol–water partition coefficient (Wildman–Crippen LogP) is 2.23. The standard InChI is InChI=1S/C19H33N2O9P/c1-4-6-8-26-13-27-12-16-15(30-31(24,25)28-9-7-5-2)10-17(29-16)21-11-14(3)18(22)20-19(21)23/h11,15-17H,4-10,12-13H2,1-3H3,(H,24,25)(H,20,22,23)/t15-,16+,17+/m0/s1. The monoisotopic (exact) mass is 464 g/mol. The molecule has 0 aromatic carbocycles. The maximum absolute atomic E-state index is 12.3. The van der Waals surface area contributed by atoms with Gasteiger partial charge in [-0.05, 0) is 19.8 Å². The van der Waals surface area contributed by atoms with E-state index in [1.54, 1.807) is 6.92 Å². The summed E-state index contributed by atoms with van der Waals surface area (Å²) in [5.41, 5.74) is -0.795. The van der Waals surface area contributed by atoms with E-state index in [4.69, 9.17) is 23.3 Å². The largest absolute Gasteiger partial charge is 0.472 e. The Balaban J connectivity index is 2.07. The zero-order valence-corrected chi connectivity index (χ0v) is 19.2. The van der Waals surface area contributed by atoms with E-state index >= 15 is 0 Å². The van der Waals surface area contributed by atoms with Crippen molar-refractivity contribution in [1.82, 2.24) is 9.55 Å². The van der Waals surface area contributed by atoms with E-state index in [9.17, 15) is 19.0 Å². The molecule has 1 aromatic rings. The van der Waals surface area contributed by atoms with Gasteiger partial charge in [0.2, 0.25) is 0 Å². The van der Waals surface area contributed by atoms with E-state index < -0.39 is 37.5 Å². The first-order valence-corrected chi connectivity index (χ1v) is 12.1. The first-order valence-electron chi connectivity index (χ1n) is 10.6. The first kappa shape index (κ1) is 25.9. The van der Waals surface area contributed by atoms with Gasteiger partial charge in [-0.2, -0.15) is 0 Å². The number of aromatic nitrogens is 2. The molecule has 2 heterocycles. The molecule has 11 nitrogen and oxygen atoms in total. The number of aromatic amines is 1. The number of ether oxygens (including phenoxy) is 3. The summed E-state index contributed by atoms with van der Waals surface area (Å²) in [6.07, 6.45) is 2.40. The summed E-state index contributed by atoms with van der Waals surface area (Å²) in [6, 6.07) is 0. The molecule has 1 aliphatic rings. The highest BCUT2D eigenvalue weighted by atomic mass is 31.2. The molecule has 1 fully saturated rings. The topological polar surface area (TPSA) is 138 Å². The number of phosphoric ester groups is 1. The van der Waals surface area contributed by atoms with Crippen LogP contribution in [0.15, 0.2) is 15.8 Å². The second kappa shape index (κ2) is 12.6. The highest BCUT2D eigenvalue weighted by Crippen LogP contribution is 2.48. The van der Waals surface area contributed by atoms with Crippen molar-refractivity contribution < 1.29 is 32.7 Å². The fourth-order valence-corrected chi connectivity index (χ4v) is 3.97. The van der Waals surface area contributed by atoms with E-state index in [1.807, 2.05) is 6.92 Å². The zero-order valence-electron chi connectivity index (χ0n) is 18.3. The van der Waals surface area contributed by atoms with E-state index in [1.165, 1.54) is 10.8 Å². The van der Waals surface area contributed by atoms with Crippen molar-refractivity contribution in [1.29, 1.82) is 0 Å². The number of hydrogen-bond acceptors (Lipinski definition) is 8. The highest BCUT2D eigenvalue weighted by molar-refractivity contribution is 7.47. The Morgan fingerprint density at radius 3 is 2.65 bits per heavy atom. The third-order valence-electron chi connectivity index (χ3n) is 4.75. The average molecular weight is 464 g/mol. The minimum absolute atomic E-state index is 0.0271. The number of unbranched alkanes of at least 4 members (excludes halogenated alkanes) is 2. The van der Waals surface area contributed by atoms with Crippen molar-refractivity contribution in [3.8, 4) is 0 Å². The summed E-state index contributed by atoms with van der Waals surface area (Å²) in [4.78, 5) is 36.1. The third kappa shape index (κ3) is 8.27. The van der Waals surface area contributed by atoms with Gasteiger partial charge in [0.1, 0.15) is 25.2 Å². The van der Waals surface area contributed by atoms with Crippen LogP contribution >= 0.6 is 7.82 Å². The molecule has 0 aliphatic carbocycles. The number of nitrogens with one attached hydrogen (secondary N) is 1. The smallest absolute Gasteiger partial charge is 0.355 e. The number of nitrogens with zero attached hydrogens (tertiary/aromatic N) is 1. The van der Waals surface area contributed by atoms with E-state index in [0.717, 1.165) is 19.3 Å². The van der Waals surface area contributed by atoms with Gasteiger partial charge >= 0.3 is 13.5 Å². The van der Waals surface area contributed by atoms with Crippen LogP contribution in [0.4, 0.5) is 0 Å². The molecule has 0 amide bonds. The maximum Gasteiger partial charge on any atom is 0.472 e. The van der Waals surface area contributed by atoms with Crippen LogP contribution in [0.25, 0.3) is 0 Å². The van der Waals surface area contributed by atoms with Crippen LogP contribution in [0.5, 0.6) is 0 Å². The molecule has 4 atom stereocenters. The van der Waals surface area contributed by atoms with Crippen molar-refractivity contribution in [3.63, 3.8) is 0 Å². The lowest BCUT2D eigenvalue weighted by atomic mass is 10.2. The number of hydrogen-bond donors (Lipinski definition) is 2. The van der Waals surface area contributed by atoms with Crippen molar-refractivity contribution in [3.05, 3.63) is 32.6 Å². The molecule has 0 spiro atoms. The lowest BCUT2D eigenvalue weighted by Gasteiger charge is -2.21. The van der Waals surface area contributed by atoms with Crippen LogP contribution in [0.1, 0.15) is 57.7 Å². The fourth-order valence-electron chi connectivity index (χ4n) is 2.99. The van der Waals surface area contributed by atoms with E-state index in [-0.39, 0.29) is 26.4 Å². The summed E-state index contributed by atoms with van der Waals surface area (Å²) in [6.45, 7) is 6.27. The number of aryl methyl sites for hydroxylation is 1. The van der Waals surface area contributed by atoms with Crippen molar-refractivity contribution in [2.45, 2.75) is 71.3 Å². The minimum Gasteiger partial charge on any atom is -0.355 e. The molecule has 1 saturated heterocycles. The second-order valence-corrected chi connectivity index (χ2v) is 8.80. The normalized spacial score (nSPS) is 23.2. The molecular weight excluding hydrogens is 431 g/mol. The summed E-state index contributed by atoms with van der Waals surface area (Å²) in [5.74, 6) is 0. The number of rotatable bonds is 14. The van der Waals surface area contributed by atoms with Crippen LogP contribution in [0.2, 0.25) is 0 Å². The summed E-state index contributed by atoms with van der Waals surface area (Å²) >= 11 is 0.